The van der Waals surface area contributed by atoms with E-state index in [2.05, 4.69) is 83.1 Å². The first kappa shape index (κ1) is 79.2. The molecule has 13 heteroatoms. The highest BCUT2D eigenvalue weighted by Crippen LogP contribution is 2.45. The van der Waals surface area contributed by atoms with Gasteiger partial charge in [0.15, 0.2) is 0 Å². The van der Waals surface area contributed by atoms with Crippen molar-refractivity contribution in [2.24, 2.45) is 35.5 Å². The molecule has 0 aliphatic rings. The van der Waals surface area contributed by atoms with Crippen LogP contribution in [0.4, 0.5) is 0 Å². The molecule has 12 nitrogen and oxygen atoms in total. The van der Waals surface area contributed by atoms with E-state index >= 15 is 0 Å². The molecule has 0 aromatic rings. The number of esters is 4. The van der Waals surface area contributed by atoms with Gasteiger partial charge in [-0.2, -0.15) is 0 Å². The molecule has 0 bridgehead atoms. The second kappa shape index (κ2) is 58.6. The van der Waals surface area contributed by atoms with Crippen molar-refractivity contribution in [3.05, 3.63) is 0 Å². The van der Waals surface area contributed by atoms with Crippen molar-refractivity contribution in [3.63, 3.8) is 0 Å². The van der Waals surface area contributed by atoms with E-state index in [9.17, 15) is 28.6 Å². The molecule has 460 valence electrons. The Hall–Kier alpha value is -2.01. The normalized spacial score (nSPS) is 14.3. The maximum Gasteiger partial charge on any atom is 0.472 e. The highest BCUT2D eigenvalue weighted by Gasteiger charge is 2.24. The molecule has 0 rings (SSSR count). The van der Waals surface area contributed by atoms with E-state index in [0.29, 0.717) is 114 Å². The average Bonchev–Trinajstić information content (AvgIpc) is 3.43. The molecule has 0 saturated heterocycles. The largest absolute Gasteiger partial charge is 0.472 e. The second-order valence-electron chi connectivity index (χ2n) is 22.1. The van der Waals surface area contributed by atoms with Crippen LogP contribution in [-0.2, 0) is 51.7 Å². The number of phosphoric acid groups is 1. The van der Waals surface area contributed by atoms with Crippen molar-refractivity contribution in [1.29, 1.82) is 0 Å². The first-order valence-electron chi connectivity index (χ1n) is 32.4. The smallest absolute Gasteiger partial charge is 0.465 e. The molecular weight excluding hydrogens is 992 g/mol. The second-order valence-corrected chi connectivity index (χ2v) is 23.6. The Bertz CT molecular complexity index is 1270. The maximum atomic E-state index is 11.9. The minimum absolute atomic E-state index is 0.0444. The lowest BCUT2D eigenvalue weighted by Crippen LogP contribution is -2.15. The van der Waals surface area contributed by atoms with Crippen LogP contribution in [0.25, 0.3) is 0 Å². The zero-order valence-electron chi connectivity index (χ0n) is 52.5. The van der Waals surface area contributed by atoms with Crippen molar-refractivity contribution >= 4 is 31.7 Å². The van der Waals surface area contributed by atoms with Crippen molar-refractivity contribution in [1.82, 2.24) is 0 Å². The Balaban J connectivity index is -0.00000108. The van der Waals surface area contributed by atoms with Gasteiger partial charge in [0, 0.05) is 25.7 Å². The quantitative estimate of drug-likeness (QED) is 0.0266. The lowest BCUT2D eigenvalue weighted by molar-refractivity contribution is -0.147. The number of carbonyl (C=O) groups is 4. The Morgan fingerprint density at radius 3 is 0.675 bits per heavy atom. The van der Waals surface area contributed by atoms with Crippen LogP contribution < -0.4 is 0 Å². The van der Waals surface area contributed by atoms with Gasteiger partial charge in [-0.25, -0.2) is 4.57 Å². The number of rotatable bonds is 52. The molecule has 0 aromatic carbocycles. The summed E-state index contributed by atoms with van der Waals surface area (Å²) in [6, 6.07) is 0. The third kappa shape index (κ3) is 54.4. The van der Waals surface area contributed by atoms with E-state index in [1.807, 2.05) is 0 Å². The molecule has 0 aromatic heterocycles. The highest BCUT2D eigenvalue weighted by molar-refractivity contribution is 7.47. The van der Waals surface area contributed by atoms with Gasteiger partial charge in [-0.3, -0.25) is 28.2 Å². The Morgan fingerprint density at radius 2 is 0.481 bits per heavy atom. The molecule has 0 aliphatic heterocycles. The lowest BCUT2D eigenvalue weighted by Gasteiger charge is -2.20. The van der Waals surface area contributed by atoms with Crippen molar-refractivity contribution in [2.45, 2.75) is 314 Å². The molecule has 77 heavy (non-hydrogen) atoms. The van der Waals surface area contributed by atoms with Crippen LogP contribution in [0.15, 0.2) is 0 Å². The van der Waals surface area contributed by atoms with E-state index in [1.54, 1.807) is 0 Å². The summed E-state index contributed by atoms with van der Waals surface area (Å²) in [5.74, 6) is 2.31. The fourth-order valence-electron chi connectivity index (χ4n) is 8.74. The zero-order chi connectivity index (χ0) is 58.2. The molecule has 0 radical (unpaired) electrons. The van der Waals surface area contributed by atoms with Crippen LogP contribution in [0, 0.1) is 35.5 Å². The van der Waals surface area contributed by atoms with Crippen molar-refractivity contribution in [2.75, 3.05) is 39.6 Å². The van der Waals surface area contributed by atoms with E-state index in [4.69, 9.17) is 28.0 Å². The SMILES string of the molecule is CCCCC(CC)COC(=O)CCCCC(=O)OCC(CC)CCCC.CCCCC(CC)COC(=O)CCCCCCCCC(=O)OCC(CC)CCCC.CCCCC(CC)COP(=O)(O)OCC(CC)CCCC. The molecule has 0 saturated carbocycles. The summed E-state index contributed by atoms with van der Waals surface area (Å²) in [6.45, 7) is 28.7. The molecule has 1 N–H and O–H groups in total. The van der Waals surface area contributed by atoms with Gasteiger partial charge in [0.1, 0.15) is 0 Å². The third-order valence-corrected chi connectivity index (χ3v) is 16.1. The molecule has 0 spiro atoms. The molecule has 6 atom stereocenters. The maximum absolute atomic E-state index is 11.9. The minimum Gasteiger partial charge on any atom is -0.465 e. The van der Waals surface area contributed by atoms with E-state index in [-0.39, 0.29) is 23.9 Å². The summed E-state index contributed by atoms with van der Waals surface area (Å²) in [5, 5.41) is 0. The van der Waals surface area contributed by atoms with Gasteiger partial charge in [-0.1, -0.05) is 224 Å². The molecule has 0 aliphatic carbocycles. The minimum atomic E-state index is -3.89. The highest BCUT2D eigenvalue weighted by atomic mass is 31.2. The van der Waals surface area contributed by atoms with Crippen LogP contribution in [0.2, 0.25) is 0 Å². The molecule has 0 amide bonds. The molecular formula is C64H127O12P. The Labute approximate surface area is 475 Å². The third-order valence-electron chi connectivity index (χ3n) is 15.2. The first-order chi connectivity index (χ1) is 37.1. The summed E-state index contributed by atoms with van der Waals surface area (Å²) in [5.41, 5.74) is 0. The first-order valence-corrected chi connectivity index (χ1v) is 33.9. The van der Waals surface area contributed by atoms with Crippen LogP contribution in [-0.4, -0.2) is 68.4 Å². The molecule has 0 heterocycles. The number of phosphoric ester groups is 1. The average molecular weight is 1120 g/mol. The standard InChI is InChI=1S/C26H50O4.C22H42O4.C16H35O4P/c1-5-9-17-23(7-3)21-29-25(27)19-15-13-11-12-14-16-20-26(28)30-22-24(8-4)18-10-6-2;1-5-9-13-19(7-3)17-25-21(23)15-11-12-16-22(24)26-18-20(8-4)14-10-6-2;1-5-9-11-15(7-3)13-19-21(17,18)20-14-16(8-4)12-10-6-2/h23-24H,5-22H2,1-4H3;19-20H,5-18H2,1-4H3;15-16H,5-14H2,1-4H3,(H,17,18). The van der Waals surface area contributed by atoms with Crippen LogP contribution in [0.3, 0.4) is 0 Å². The topological polar surface area (TPSA) is 161 Å². The van der Waals surface area contributed by atoms with Crippen molar-refractivity contribution in [3.8, 4) is 0 Å². The van der Waals surface area contributed by atoms with Crippen molar-refractivity contribution < 1.29 is 56.6 Å². The predicted octanol–water partition coefficient (Wildman–Crippen LogP) is 19.2. The number of carbonyl (C=O) groups excluding carboxylic acids is 4. The lowest BCUT2D eigenvalue weighted by atomic mass is 10.0. The van der Waals surface area contributed by atoms with Gasteiger partial charge in [-0.15, -0.1) is 0 Å². The van der Waals surface area contributed by atoms with Gasteiger partial charge in [0.05, 0.1) is 39.6 Å². The predicted molar refractivity (Wildman–Crippen MR) is 321 cm³/mol. The number of ether oxygens (including phenoxy) is 4. The monoisotopic (exact) mass is 1120 g/mol. The van der Waals surface area contributed by atoms with E-state index < -0.39 is 7.82 Å². The van der Waals surface area contributed by atoms with E-state index in [0.717, 1.165) is 141 Å². The Kier molecular flexibility index (Phi) is 60.3. The fourth-order valence-corrected chi connectivity index (χ4v) is 9.61. The van der Waals surface area contributed by atoms with Gasteiger partial charge >= 0.3 is 31.7 Å². The van der Waals surface area contributed by atoms with Crippen LogP contribution in [0.1, 0.15) is 314 Å². The fraction of sp³-hybridized carbons (Fsp3) is 0.938. The van der Waals surface area contributed by atoms with Crippen LogP contribution in [0.5, 0.6) is 0 Å². The number of hydrogen-bond donors (Lipinski definition) is 1. The van der Waals surface area contributed by atoms with Gasteiger partial charge in [0.25, 0.3) is 0 Å². The summed E-state index contributed by atoms with van der Waals surface area (Å²) in [7, 11) is -3.89. The van der Waals surface area contributed by atoms with E-state index in [1.165, 1.54) is 51.4 Å². The van der Waals surface area contributed by atoms with Gasteiger partial charge in [0.2, 0.25) is 0 Å². The number of hydrogen-bond acceptors (Lipinski definition) is 11. The number of unbranched alkanes of at least 4 members (excludes halogenated alkanes) is 12. The summed E-state index contributed by atoms with van der Waals surface area (Å²) < 4.78 is 43.9. The summed E-state index contributed by atoms with van der Waals surface area (Å²) in [6.07, 6.45) is 36.4. The van der Waals surface area contributed by atoms with Gasteiger partial charge < -0.3 is 23.8 Å². The molecule has 0 fully saturated rings. The summed E-state index contributed by atoms with van der Waals surface area (Å²) >= 11 is 0. The zero-order valence-corrected chi connectivity index (χ0v) is 53.4. The molecule has 6 unspecified atom stereocenters. The summed E-state index contributed by atoms with van der Waals surface area (Å²) in [4.78, 5) is 57.1. The van der Waals surface area contributed by atoms with Crippen LogP contribution >= 0.6 is 7.82 Å². The Morgan fingerprint density at radius 1 is 0.299 bits per heavy atom. The van der Waals surface area contributed by atoms with Gasteiger partial charge in [-0.05, 0) is 99.7 Å².